The molecule has 2 atom stereocenters. The number of thiocarbonyl (C=S) groups is 1. The van der Waals surface area contributed by atoms with Gasteiger partial charge in [0.05, 0.1) is 17.8 Å². The highest BCUT2D eigenvalue weighted by Crippen LogP contribution is 2.41. The third-order valence-electron chi connectivity index (χ3n) is 6.06. The molecule has 3 heterocycles. The van der Waals surface area contributed by atoms with Crippen molar-refractivity contribution in [1.82, 2.24) is 24.7 Å². The fraction of sp³-hybridized carbons (Fsp3) is 0.360. The van der Waals surface area contributed by atoms with Crippen LogP contribution >= 0.6 is 12.2 Å². The third kappa shape index (κ3) is 4.40. The normalized spacial score (nSPS) is 18.4. The SMILES string of the molecule is Cc1cc(C2C(c3ccccn3)NC(=S)N2CCCN(C)C)c(C)n1-c1cccc(F)c1. The summed E-state index contributed by atoms with van der Waals surface area (Å²) in [5.74, 6) is -0.239. The zero-order valence-corrected chi connectivity index (χ0v) is 19.9. The van der Waals surface area contributed by atoms with Gasteiger partial charge in [-0.15, -0.1) is 0 Å². The first-order valence-electron chi connectivity index (χ1n) is 10.9. The maximum absolute atomic E-state index is 14.0. The van der Waals surface area contributed by atoms with E-state index in [0.29, 0.717) is 0 Å². The molecule has 0 radical (unpaired) electrons. The summed E-state index contributed by atoms with van der Waals surface area (Å²) in [4.78, 5) is 9.10. The monoisotopic (exact) mass is 451 g/mol. The van der Waals surface area contributed by atoms with Gasteiger partial charge < -0.3 is 19.7 Å². The highest BCUT2D eigenvalue weighted by Gasteiger charge is 2.41. The maximum Gasteiger partial charge on any atom is 0.170 e. The van der Waals surface area contributed by atoms with E-state index >= 15 is 0 Å². The second-order valence-corrected chi connectivity index (χ2v) is 9.01. The lowest BCUT2D eigenvalue weighted by atomic mass is 9.96. The first kappa shape index (κ1) is 22.4. The number of hydrogen-bond acceptors (Lipinski definition) is 3. The zero-order chi connectivity index (χ0) is 22.8. The Bertz CT molecular complexity index is 1090. The quantitative estimate of drug-likeness (QED) is 0.533. The van der Waals surface area contributed by atoms with Crippen LogP contribution < -0.4 is 5.32 Å². The Morgan fingerprint density at radius 1 is 1.12 bits per heavy atom. The topological polar surface area (TPSA) is 36.3 Å². The molecule has 1 N–H and O–H groups in total. The van der Waals surface area contributed by atoms with Crippen molar-refractivity contribution in [2.45, 2.75) is 32.4 Å². The van der Waals surface area contributed by atoms with E-state index in [-0.39, 0.29) is 17.9 Å². The van der Waals surface area contributed by atoms with E-state index in [1.165, 1.54) is 11.6 Å². The van der Waals surface area contributed by atoms with Gasteiger partial charge in [-0.2, -0.15) is 0 Å². The van der Waals surface area contributed by atoms with Gasteiger partial charge in [-0.25, -0.2) is 4.39 Å². The number of nitrogens with zero attached hydrogens (tertiary/aromatic N) is 4. The molecule has 1 aliphatic heterocycles. The second kappa shape index (κ2) is 9.38. The molecule has 5 nitrogen and oxygen atoms in total. The summed E-state index contributed by atoms with van der Waals surface area (Å²) < 4.78 is 16.1. The fourth-order valence-electron chi connectivity index (χ4n) is 4.64. The minimum absolute atomic E-state index is 0.00747. The molecule has 0 amide bonds. The van der Waals surface area contributed by atoms with Crippen LogP contribution in [0.3, 0.4) is 0 Å². The summed E-state index contributed by atoms with van der Waals surface area (Å²) in [6.45, 7) is 6.00. The summed E-state index contributed by atoms with van der Waals surface area (Å²) in [6, 6.07) is 14.9. The minimum Gasteiger partial charge on any atom is -0.352 e. The molecule has 3 aromatic rings. The van der Waals surface area contributed by atoms with Gasteiger partial charge in [-0.3, -0.25) is 4.98 Å². The van der Waals surface area contributed by atoms with E-state index < -0.39 is 0 Å². The van der Waals surface area contributed by atoms with Gasteiger partial charge in [0.15, 0.2) is 5.11 Å². The van der Waals surface area contributed by atoms with Crippen molar-refractivity contribution in [3.05, 3.63) is 83.2 Å². The predicted molar refractivity (Wildman–Crippen MR) is 131 cm³/mol. The average molecular weight is 452 g/mol. The lowest BCUT2D eigenvalue weighted by Crippen LogP contribution is -2.32. The average Bonchev–Trinajstić information content (AvgIpc) is 3.24. The molecule has 0 saturated carbocycles. The van der Waals surface area contributed by atoms with Crippen LogP contribution in [0.5, 0.6) is 0 Å². The Hall–Kier alpha value is -2.77. The standard InChI is InChI=1S/C25H30FN5S/c1-17-15-21(18(2)31(17)20-10-7-9-19(26)16-20)24-23(22-11-5-6-12-27-22)28-25(32)30(24)14-8-13-29(3)4/h5-7,9-12,15-16,23-24H,8,13-14H2,1-4H3,(H,28,32). The van der Waals surface area contributed by atoms with E-state index in [2.05, 4.69) is 58.7 Å². The largest absolute Gasteiger partial charge is 0.352 e. The number of pyridine rings is 1. The Labute approximate surface area is 194 Å². The molecule has 2 aromatic heterocycles. The van der Waals surface area contributed by atoms with Crippen LogP contribution in [0.1, 0.15) is 41.1 Å². The van der Waals surface area contributed by atoms with Crippen LogP contribution in [0.25, 0.3) is 5.69 Å². The smallest absolute Gasteiger partial charge is 0.170 e. The molecular formula is C25H30FN5S. The van der Waals surface area contributed by atoms with Gasteiger partial charge in [0.25, 0.3) is 0 Å². The summed E-state index contributed by atoms with van der Waals surface area (Å²) >= 11 is 5.78. The van der Waals surface area contributed by atoms with E-state index in [0.717, 1.165) is 47.4 Å². The number of aromatic nitrogens is 2. The van der Waals surface area contributed by atoms with Gasteiger partial charge in [-0.1, -0.05) is 12.1 Å². The predicted octanol–water partition coefficient (Wildman–Crippen LogP) is 4.55. The Balaban J connectivity index is 1.77. The van der Waals surface area contributed by atoms with Crippen LogP contribution in [-0.2, 0) is 0 Å². The van der Waals surface area contributed by atoms with Crippen molar-refractivity contribution in [2.24, 2.45) is 0 Å². The number of nitrogens with one attached hydrogen (secondary N) is 1. The zero-order valence-electron chi connectivity index (χ0n) is 19.0. The lowest BCUT2D eigenvalue weighted by molar-refractivity contribution is 0.292. The van der Waals surface area contributed by atoms with Gasteiger partial charge in [0.2, 0.25) is 0 Å². The molecule has 1 aliphatic rings. The van der Waals surface area contributed by atoms with Crippen molar-refractivity contribution < 1.29 is 4.39 Å². The maximum atomic E-state index is 14.0. The highest BCUT2D eigenvalue weighted by molar-refractivity contribution is 7.80. The number of rotatable bonds is 7. The van der Waals surface area contributed by atoms with Crippen LogP contribution in [0.4, 0.5) is 4.39 Å². The molecule has 4 rings (SSSR count). The van der Waals surface area contributed by atoms with Crippen LogP contribution in [0, 0.1) is 19.7 Å². The number of aryl methyl sites for hydroxylation is 1. The van der Waals surface area contributed by atoms with Crippen molar-refractivity contribution in [3.8, 4) is 5.69 Å². The van der Waals surface area contributed by atoms with Gasteiger partial charge in [0, 0.05) is 29.8 Å². The van der Waals surface area contributed by atoms with E-state index in [4.69, 9.17) is 12.2 Å². The highest BCUT2D eigenvalue weighted by atomic mass is 32.1. The molecule has 1 fully saturated rings. The van der Waals surface area contributed by atoms with E-state index in [1.54, 1.807) is 12.1 Å². The van der Waals surface area contributed by atoms with Crippen molar-refractivity contribution >= 4 is 17.3 Å². The van der Waals surface area contributed by atoms with Crippen molar-refractivity contribution in [1.29, 1.82) is 0 Å². The Kier molecular flexibility index (Phi) is 6.58. The molecule has 32 heavy (non-hydrogen) atoms. The number of benzene rings is 1. The first-order valence-corrected chi connectivity index (χ1v) is 11.3. The van der Waals surface area contributed by atoms with Crippen LogP contribution in [-0.4, -0.2) is 51.6 Å². The summed E-state index contributed by atoms with van der Waals surface area (Å²) in [5, 5.41) is 4.27. The fourth-order valence-corrected chi connectivity index (χ4v) is 4.97. The molecular weight excluding hydrogens is 421 g/mol. The summed E-state index contributed by atoms with van der Waals surface area (Å²) in [7, 11) is 4.17. The summed E-state index contributed by atoms with van der Waals surface area (Å²) in [5.41, 5.74) is 5.12. The molecule has 168 valence electrons. The van der Waals surface area contributed by atoms with Crippen LogP contribution in [0.15, 0.2) is 54.7 Å². The third-order valence-corrected chi connectivity index (χ3v) is 6.41. The van der Waals surface area contributed by atoms with E-state index in [9.17, 15) is 4.39 Å². The Morgan fingerprint density at radius 2 is 1.94 bits per heavy atom. The Morgan fingerprint density at radius 3 is 2.62 bits per heavy atom. The van der Waals surface area contributed by atoms with Crippen molar-refractivity contribution in [3.63, 3.8) is 0 Å². The van der Waals surface area contributed by atoms with Gasteiger partial charge >= 0.3 is 0 Å². The molecule has 0 spiro atoms. The minimum atomic E-state index is -0.239. The molecule has 1 saturated heterocycles. The van der Waals surface area contributed by atoms with E-state index in [1.807, 2.05) is 30.5 Å². The number of hydrogen-bond donors (Lipinski definition) is 1. The van der Waals surface area contributed by atoms with Crippen molar-refractivity contribution in [2.75, 3.05) is 27.2 Å². The van der Waals surface area contributed by atoms with Crippen LogP contribution in [0.2, 0.25) is 0 Å². The summed E-state index contributed by atoms with van der Waals surface area (Å²) in [6.07, 6.45) is 2.82. The molecule has 7 heteroatoms. The number of halogens is 1. The molecule has 1 aromatic carbocycles. The van der Waals surface area contributed by atoms with Gasteiger partial charge in [-0.05, 0) is 95.1 Å². The first-order chi connectivity index (χ1) is 15.4. The van der Waals surface area contributed by atoms with Gasteiger partial charge in [0.1, 0.15) is 5.82 Å². The molecule has 0 aliphatic carbocycles. The molecule has 0 bridgehead atoms. The molecule has 2 unspecified atom stereocenters. The lowest BCUT2D eigenvalue weighted by Gasteiger charge is -2.28. The second-order valence-electron chi connectivity index (χ2n) is 8.62.